The van der Waals surface area contributed by atoms with E-state index in [1.807, 2.05) is 30.3 Å². The van der Waals surface area contributed by atoms with Gasteiger partial charge < -0.3 is 9.84 Å². The molecule has 21 heavy (non-hydrogen) atoms. The fourth-order valence-electron chi connectivity index (χ4n) is 2.95. The highest BCUT2D eigenvalue weighted by Crippen LogP contribution is 2.41. The summed E-state index contributed by atoms with van der Waals surface area (Å²) < 4.78 is 5.71. The van der Waals surface area contributed by atoms with E-state index in [1.54, 1.807) is 0 Å². The van der Waals surface area contributed by atoms with E-state index in [-0.39, 0.29) is 11.3 Å². The van der Waals surface area contributed by atoms with Gasteiger partial charge in [0.25, 0.3) is 0 Å². The Morgan fingerprint density at radius 2 is 1.76 bits per heavy atom. The van der Waals surface area contributed by atoms with Gasteiger partial charge in [-0.2, -0.15) is 0 Å². The first-order chi connectivity index (χ1) is 9.99. The van der Waals surface area contributed by atoms with Crippen molar-refractivity contribution < 1.29 is 9.84 Å². The third-order valence-corrected chi connectivity index (χ3v) is 4.46. The molecule has 2 unspecified atom stereocenters. The molecule has 2 atom stereocenters. The molecule has 0 amide bonds. The highest BCUT2D eigenvalue weighted by atomic mass is 16.5. The second-order valence-electron chi connectivity index (χ2n) is 6.57. The molecule has 1 heterocycles. The predicted octanol–water partition coefficient (Wildman–Crippen LogP) is 4.19. The summed E-state index contributed by atoms with van der Waals surface area (Å²) in [4.78, 5) is 0. The minimum absolute atomic E-state index is 0.0149. The van der Waals surface area contributed by atoms with E-state index in [9.17, 15) is 5.11 Å². The van der Waals surface area contributed by atoms with Crippen LogP contribution >= 0.6 is 0 Å². The van der Waals surface area contributed by atoms with Crippen LogP contribution in [0.3, 0.4) is 0 Å². The number of hydrogen-bond donors (Lipinski definition) is 1. The maximum absolute atomic E-state index is 10.7. The largest absolute Gasteiger partial charge is 0.492 e. The van der Waals surface area contributed by atoms with Crippen molar-refractivity contribution in [2.75, 3.05) is 6.61 Å². The molecule has 1 aliphatic rings. The van der Waals surface area contributed by atoms with Crippen LogP contribution in [0, 0.1) is 0 Å². The van der Waals surface area contributed by atoms with Crippen LogP contribution in [-0.4, -0.2) is 11.7 Å². The van der Waals surface area contributed by atoms with Gasteiger partial charge in [0.05, 0.1) is 12.7 Å². The van der Waals surface area contributed by atoms with Gasteiger partial charge in [-0.15, -0.1) is 0 Å². The molecule has 2 aromatic rings. The highest BCUT2D eigenvalue weighted by Gasteiger charge is 2.32. The molecular formula is C19H22O2. The zero-order valence-corrected chi connectivity index (χ0v) is 12.8. The van der Waals surface area contributed by atoms with Gasteiger partial charge in [-0.05, 0) is 23.3 Å². The fraction of sp³-hybridized carbons (Fsp3) is 0.368. The maximum Gasteiger partial charge on any atom is 0.123 e. The smallest absolute Gasteiger partial charge is 0.123 e. The summed E-state index contributed by atoms with van der Waals surface area (Å²) in [6, 6.07) is 16.2. The molecular weight excluding hydrogens is 260 g/mol. The zero-order chi connectivity index (χ0) is 15.0. The lowest BCUT2D eigenvalue weighted by molar-refractivity contribution is 0.151. The SMILES string of the molecule is CC(c1ccccc1)C(O)c1ccc2c(c1)C(C)(C)CO2. The normalized spacial score (nSPS) is 18.7. The van der Waals surface area contributed by atoms with Gasteiger partial charge in [-0.3, -0.25) is 0 Å². The van der Waals surface area contributed by atoms with Crippen LogP contribution in [0.15, 0.2) is 48.5 Å². The van der Waals surface area contributed by atoms with Crippen molar-refractivity contribution in [1.29, 1.82) is 0 Å². The Labute approximate surface area is 126 Å². The maximum atomic E-state index is 10.7. The average Bonchev–Trinajstić information content (AvgIpc) is 2.82. The number of aliphatic hydroxyl groups is 1. The first kappa shape index (κ1) is 14.2. The second-order valence-corrected chi connectivity index (χ2v) is 6.57. The molecule has 0 saturated carbocycles. The standard InChI is InChI=1S/C19H22O2/c1-13(14-7-5-4-6-8-14)18(20)15-9-10-17-16(11-15)19(2,3)12-21-17/h4-11,13,18,20H,12H2,1-3H3. The van der Waals surface area contributed by atoms with Gasteiger partial charge in [0.1, 0.15) is 5.75 Å². The molecule has 2 heteroatoms. The number of benzene rings is 2. The second kappa shape index (κ2) is 5.19. The Morgan fingerprint density at radius 3 is 2.48 bits per heavy atom. The third-order valence-electron chi connectivity index (χ3n) is 4.46. The first-order valence-electron chi connectivity index (χ1n) is 7.49. The molecule has 110 valence electrons. The van der Waals surface area contributed by atoms with Gasteiger partial charge in [-0.1, -0.05) is 57.2 Å². The van der Waals surface area contributed by atoms with Crippen molar-refractivity contribution in [1.82, 2.24) is 0 Å². The van der Waals surface area contributed by atoms with Crippen molar-refractivity contribution in [3.05, 3.63) is 65.2 Å². The predicted molar refractivity (Wildman–Crippen MR) is 84.8 cm³/mol. The summed E-state index contributed by atoms with van der Waals surface area (Å²) in [7, 11) is 0. The van der Waals surface area contributed by atoms with E-state index in [2.05, 4.69) is 39.0 Å². The minimum Gasteiger partial charge on any atom is -0.492 e. The van der Waals surface area contributed by atoms with Crippen LogP contribution in [-0.2, 0) is 5.41 Å². The van der Waals surface area contributed by atoms with Crippen molar-refractivity contribution in [3.63, 3.8) is 0 Å². The van der Waals surface area contributed by atoms with Gasteiger partial charge in [0.2, 0.25) is 0 Å². The first-order valence-corrected chi connectivity index (χ1v) is 7.49. The average molecular weight is 282 g/mol. The monoisotopic (exact) mass is 282 g/mol. The summed E-state index contributed by atoms with van der Waals surface area (Å²) in [6.07, 6.45) is -0.505. The molecule has 3 rings (SSSR count). The van der Waals surface area contributed by atoms with Crippen LogP contribution in [0.25, 0.3) is 0 Å². The lowest BCUT2D eigenvalue weighted by atomic mass is 9.84. The summed E-state index contributed by atoms with van der Waals surface area (Å²) >= 11 is 0. The Kier molecular flexibility index (Phi) is 3.50. The lowest BCUT2D eigenvalue weighted by Gasteiger charge is -2.22. The van der Waals surface area contributed by atoms with Crippen LogP contribution < -0.4 is 4.74 Å². The number of ether oxygens (including phenoxy) is 1. The molecule has 0 aromatic heterocycles. The number of aliphatic hydroxyl groups excluding tert-OH is 1. The van der Waals surface area contributed by atoms with E-state index in [1.165, 1.54) is 5.56 Å². The summed E-state index contributed by atoms with van der Waals surface area (Å²) in [5.41, 5.74) is 3.32. The van der Waals surface area contributed by atoms with E-state index in [0.717, 1.165) is 16.9 Å². The quantitative estimate of drug-likeness (QED) is 0.914. The number of hydrogen-bond acceptors (Lipinski definition) is 2. The van der Waals surface area contributed by atoms with E-state index in [4.69, 9.17) is 4.74 Å². The van der Waals surface area contributed by atoms with E-state index < -0.39 is 6.10 Å². The van der Waals surface area contributed by atoms with Gasteiger partial charge in [0.15, 0.2) is 0 Å². The fourth-order valence-corrected chi connectivity index (χ4v) is 2.95. The van der Waals surface area contributed by atoms with Crippen molar-refractivity contribution in [2.45, 2.75) is 38.2 Å². The van der Waals surface area contributed by atoms with Gasteiger partial charge in [0, 0.05) is 16.9 Å². The molecule has 0 spiro atoms. The topological polar surface area (TPSA) is 29.5 Å². The van der Waals surface area contributed by atoms with E-state index >= 15 is 0 Å². The summed E-state index contributed by atoms with van der Waals surface area (Å²) in [5, 5.41) is 10.7. The Hall–Kier alpha value is -1.80. The van der Waals surface area contributed by atoms with Crippen molar-refractivity contribution >= 4 is 0 Å². The Balaban J connectivity index is 1.91. The van der Waals surface area contributed by atoms with Crippen LogP contribution in [0.4, 0.5) is 0 Å². The highest BCUT2D eigenvalue weighted by molar-refractivity contribution is 5.46. The molecule has 0 radical (unpaired) electrons. The van der Waals surface area contributed by atoms with E-state index in [0.29, 0.717) is 6.61 Å². The molecule has 2 aromatic carbocycles. The zero-order valence-electron chi connectivity index (χ0n) is 12.8. The Morgan fingerprint density at radius 1 is 1.05 bits per heavy atom. The van der Waals surface area contributed by atoms with Gasteiger partial charge in [-0.25, -0.2) is 0 Å². The van der Waals surface area contributed by atoms with Crippen LogP contribution in [0.2, 0.25) is 0 Å². The molecule has 1 aliphatic heterocycles. The molecule has 0 fully saturated rings. The minimum atomic E-state index is -0.505. The van der Waals surface area contributed by atoms with Crippen LogP contribution in [0.1, 0.15) is 49.5 Å². The number of fused-ring (bicyclic) bond motifs is 1. The molecule has 2 nitrogen and oxygen atoms in total. The van der Waals surface area contributed by atoms with Gasteiger partial charge >= 0.3 is 0 Å². The Bertz CT molecular complexity index is 631. The summed E-state index contributed by atoms with van der Waals surface area (Å²) in [5.74, 6) is 1.01. The third kappa shape index (κ3) is 2.56. The lowest BCUT2D eigenvalue weighted by Crippen LogP contribution is -2.18. The van der Waals surface area contributed by atoms with Crippen LogP contribution in [0.5, 0.6) is 5.75 Å². The molecule has 0 saturated heterocycles. The summed E-state index contributed by atoms with van der Waals surface area (Å²) in [6.45, 7) is 7.12. The molecule has 1 N–H and O–H groups in total. The molecule has 0 aliphatic carbocycles. The number of rotatable bonds is 3. The molecule has 0 bridgehead atoms. The van der Waals surface area contributed by atoms with Crippen molar-refractivity contribution in [3.8, 4) is 5.75 Å². The van der Waals surface area contributed by atoms with Crippen molar-refractivity contribution in [2.24, 2.45) is 0 Å².